The summed E-state index contributed by atoms with van der Waals surface area (Å²) in [4.78, 5) is 34.2. The molecule has 0 saturated carbocycles. The summed E-state index contributed by atoms with van der Waals surface area (Å²) in [5, 5.41) is 2.89. The van der Waals surface area contributed by atoms with E-state index in [1.165, 1.54) is 18.4 Å². The van der Waals surface area contributed by atoms with Crippen LogP contribution in [0.5, 0.6) is 5.75 Å². The Labute approximate surface area is 255 Å². The van der Waals surface area contributed by atoms with Crippen LogP contribution in [0.1, 0.15) is 76.8 Å². The summed E-state index contributed by atoms with van der Waals surface area (Å²) in [6.07, 6.45) is 7.92. The fraction of sp³-hybridized carbons (Fsp3) is 0.514. The van der Waals surface area contributed by atoms with Crippen molar-refractivity contribution in [2.24, 2.45) is 5.41 Å². The molecule has 230 valence electrons. The first-order valence-electron chi connectivity index (χ1n) is 15.8. The third kappa shape index (κ3) is 7.66. The van der Waals surface area contributed by atoms with Crippen LogP contribution in [0.2, 0.25) is 0 Å². The minimum Gasteiger partial charge on any atom is -0.444 e. The number of carbonyl (C=O) groups excluding carboxylic acids is 2. The second kappa shape index (κ2) is 13.3. The van der Waals surface area contributed by atoms with E-state index >= 15 is 0 Å². The van der Waals surface area contributed by atoms with Crippen LogP contribution in [-0.4, -0.2) is 57.8 Å². The van der Waals surface area contributed by atoms with Crippen molar-refractivity contribution in [3.8, 4) is 11.4 Å². The average Bonchev–Trinajstić information content (AvgIpc) is 3.66. The summed E-state index contributed by atoms with van der Waals surface area (Å²) in [6, 6.07) is 18.0. The zero-order chi connectivity index (χ0) is 30.5. The largest absolute Gasteiger partial charge is 0.444 e. The quantitative estimate of drug-likeness (QED) is 0.162. The number of aryl methyl sites for hydroxylation is 1. The molecular formula is C35H46N4O4. The van der Waals surface area contributed by atoms with Gasteiger partial charge in [-0.3, -0.25) is 4.79 Å². The number of alkyl carbamates (subject to hydrolysis) is 1. The number of nitrogens with zero attached hydrogens (tertiary/aromatic N) is 3. The fourth-order valence-electron chi connectivity index (χ4n) is 6.59. The minimum atomic E-state index is -0.833. The van der Waals surface area contributed by atoms with Crippen LogP contribution in [-0.2, 0) is 28.8 Å². The van der Waals surface area contributed by atoms with E-state index in [0.717, 1.165) is 43.0 Å². The van der Waals surface area contributed by atoms with Crippen LogP contribution in [0.4, 0.5) is 4.79 Å². The van der Waals surface area contributed by atoms with Crippen molar-refractivity contribution < 1.29 is 19.1 Å². The number of benzene rings is 2. The number of hydrogen-bond acceptors (Lipinski definition) is 6. The molecule has 1 fully saturated rings. The van der Waals surface area contributed by atoms with Gasteiger partial charge in [0.1, 0.15) is 11.4 Å². The molecule has 1 N–H and O–H groups in total. The highest BCUT2D eigenvalue weighted by molar-refractivity contribution is 5.79. The SMILES string of the molecule is CC(C[C@@](CCCNC(=O)OC(C)(C)C)(Cc1ncn2c1CCc1ccccc1-2)C(=O)Oc1ccccc1)N1CCCC1. The Morgan fingerprint density at radius 2 is 1.72 bits per heavy atom. The molecule has 0 radical (unpaired) electrons. The average molecular weight is 587 g/mol. The second-order valence-electron chi connectivity index (χ2n) is 13.1. The predicted octanol–water partition coefficient (Wildman–Crippen LogP) is 6.28. The molecule has 3 aromatic rings. The Bertz CT molecular complexity index is 1390. The standard InChI is InChI=1S/C35H46N4O4/c1-26(38-21-10-11-22-38)23-35(32(40)42-28-14-6-5-7-15-28,19-12-20-36-33(41)43-34(2,3)4)24-29-31-18-17-27-13-8-9-16-30(27)39(31)25-37-29/h5-9,13-16,25-26H,10-12,17-24H2,1-4H3,(H,36,41)/t26?,35-/m0/s1. The first kappa shape index (κ1) is 30.8. The first-order valence-corrected chi connectivity index (χ1v) is 15.8. The molecular weight excluding hydrogens is 540 g/mol. The van der Waals surface area contributed by atoms with E-state index in [0.29, 0.717) is 38.0 Å². The van der Waals surface area contributed by atoms with Gasteiger partial charge in [0, 0.05) is 30.4 Å². The molecule has 1 aromatic heterocycles. The highest BCUT2D eigenvalue weighted by atomic mass is 16.6. The lowest BCUT2D eigenvalue weighted by atomic mass is 9.73. The zero-order valence-electron chi connectivity index (χ0n) is 26.1. The predicted molar refractivity (Wildman–Crippen MR) is 168 cm³/mol. The van der Waals surface area contributed by atoms with Crippen LogP contribution in [0.15, 0.2) is 60.9 Å². The summed E-state index contributed by atoms with van der Waals surface area (Å²) in [5.41, 5.74) is 3.18. The van der Waals surface area contributed by atoms with Gasteiger partial charge in [-0.1, -0.05) is 36.4 Å². The fourth-order valence-corrected chi connectivity index (χ4v) is 6.59. The maximum absolute atomic E-state index is 14.4. The van der Waals surface area contributed by atoms with E-state index in [2.05, 4.69) is 46.0 Å². The Morgan fingerprint density at radius 1 is 1.00 bits per heavy atom. The number of esters is 1. The van der Waals surface area contributed by atoms with E-state index in [9.17, 15) is 9.59 Å². The first-order chi connectivity index (χ1) is 20.6. The molecule has 1 unspecified atom stereocenters. The molecule has 1 amide bonds. The van der Waals surface area contributed by atoms with Gasteiger partial charge in [-0.2, -0.15) is 0 Å². The van der Waals surface area contributed by atoms with Gasteiger partial charge in [0.15, 0.2) is 0 Å². The summed E-state index contributed by atoms with van der Waals surface area (Å²) < 4.78 is 13.8. The molecule has 0 aliphatic carbocycles. The van der Waals surface area contributed by atoms with Gasteiger partial charge in [0.2, 0.25) is 0 Å². The van der Waals surface area contributed by atoms with Gasteiger partial charge >= 0.3 is 12.1 Å². The molecule has 43 heavy (non-hydrogen) atoms. The van der Waals surface area contributed by atoms with Crippen LogP contribution in [0.25, 0.3) is 5.69 Å². The third-order valence-electron chi connectivity index (χ3n) is 8.68. The molecule has 0 spiro atoms. The topological polar surface area (TPSA) is 85.7 Å². The Hall–Kier alpha value is -3.65. The summed E-state index contributed by atoms with van der Waals surface area (Å²) >= 11 is 0. The smallest absolute Gasteiger partial charge is 0.407 e. The highest BCUT2D eigenvalue weighted by Gasteiger charge is 2.44. The molecule has 0 bridgehead atoms. The highest BCUT2D eigenvalue weighted by Crippen LogP contribution is 2.39. The lowest BCUT2D eigenvalue weighted by molar-refractivity contribution is -0.148. The number of imidazole rings is 1. The van der Waals surface area contributed by atoms with E-state index < -0.39 is 17.1 Å². The van der Waals surface area contributed by atoms with Crippen molar-refractivity contribution in [3.05, 3.63) is 77.9 Å². The number of carbonyl (C=O) groups is 2. The van der Waals surface area contributed by atoms with E-state index in [1.807, 2.05) is 57.4 Å². The summed E-state index contributed by atoms with van der Waals surface area (Å²) in [5.74, 6) is 0.304. The zero-order valence-corrected chi connectivity index (χ0v) is 26.1. The van der Waals surface area contributed by atoms with Crippen LogP contribution in [0.3, 0.4) is 0 Å². The molecule has 5 rings (SSSR count). The van der Waals surface area contributed by atoms with Crippen molar-refractivity contribution in [3.63, 3.8) is 0 Å². The number of nitrogens with one attached hydrogen (secondary N) is 1. The van der Waals surface area contributed by atoms with Crippen molar-refractivity contribution >= 4 is 12.1 Å². The lowest BCUT2D eigenvalue weighted by Gasteiger charge is -2.37. The molecule has 2 aliphatic rings. The van der Waals surface area contributed by atoms with Crippen molar-refractivity contribution in [2.75, 3.05) is 19.6 Å². The maximum Gasteiger partial charge on any atom is 0.407 e. The Kier molecular flexibility index (Phi) is 9.55. The molecule has 3 heterocycles. The van der Waals surface area contributed by atoms with Gasteiger partial charge < -0.3 is 24.3 Å². The second-order valence-corrected chi connectivity index (χ2v) is 13.1. The van der Waals surface area contributed by atoms with Crippen molar-refractivity contribution in [2.45, 2.75) is 90.7 Å². The maximum atomic E-state index is 14.4. The molecule has 8 nitrogen and oxygen atoms in total. The Morgan fingerprint density at radius 3 is 2.47 bits per heavy atom. The van der Waals surface area contributed by atoms with Gasteiger partial charge in [-0.15, -0.1) is 0 Å². The number of ether oxygens (including phenoxy) is 2. The molecule has 2 atom stereocenters. The van der Waals surface area contributed by atoms with Gasteiger partial charge in [0.25, 0.3) is 0 Å². The number of hydrogen-bond donors (Lipinski definition) is 1. The monoisotopic (exact) mass is 586 g/mol. The minimum absolute atomic E-state index is 0.198. The van der Waals surface area contributed by atoms with Crippen molar-refractivity contribution in [1.82, 2.24) is 19.8 Å². The number of likely N-dealkylation sites (tertiary alicyclic amines) is 1. The number of aromatic nitrogens is 2. The molecule has 2 aromatic carbocycles. The van der Waals surface area contributed by atoms with Crippen LogP contribution < -0.4 is 10.1 Å². The van der Waals surface area contributed by atoms with Gasteiger partial charge in [-0.05, 0) is 109 Å². The normalized spacial score (nSPS) is 16.9. The number of amides is 1. The van der Waals surface area contributed by atoms with E-state index in [-0.39, 0.29) is 12.0 Å². The van der Waals surface area contributed by atoms with Crippen LogP contribution in [0, 0.1) is 5.41 Å². The number of fused-ring (bicyclic) bond motifs is 3. The number of rotatable bonds is 11. The molecule has 2 aliphatic heterocycles. The Balaban J connectivity index is 1.45. The lowest BCUT2D eigenvalue weighted by Crippen LogP contribution is -2.44. The van der Waals surface area contributed by atoms with Gasteiger partial charge in [0.05, 0.1) is 17.4 Å². The van der Waals surface area contributed by atoms with E-state index in [1.54, 1.807) is 0 Å². The van der Waals surface area contributed by atoms with Crippen LogP contribution >= 0.6 is 0 Å². The molecule has 1 saturated heterocycles. The third-order valence-corrected chi connectivity index (χ3v) is 8.68. The molecule has 8 heteroatoms. The van der Waals surface area contributed by atoms with E-state index in [4.69, 9.17) is 14.5 Å². The number of para-hydroxylation sites is 2. The van der Waals surface area contributed by atoms with Crippen molar-refractivity contribution in [1.29, 1.82) is 0 Å². The summed E-state index contributed by atoms with van der Waals surface area (Å²) in [6.45, 7) is 10.3. The summed E-state index contributed by atoms with van der Waals surface area (Å²) in [7, 11) is 0. The van der Waals surface area contributed by atoms with Gasteiger partial charge in [-0.25, -0.2) is 9.78 Å².